The molecule has 7 nitrogen and oxygen atoms in total. The lowest BCUT2D eigenvalue weighted by atomic mass is 10.0. The van der Waals surface area contributed by atoms with Crippen molar-refractivity contribution in [3.8, 4) is 22.5 Å². The van der Waals surface area contributed by atoms with Crippen molar-refractivity contribution in [2.45, 2.75) is 25.4 Å². The molecule has 1 aromatic carbocycles. The van der Waals surface area contributed by atoms with Gasteiger partial charge in [-0.15, -0.1) is 0 Å². The molecule has 0 unspecified atom stereocenters. The van der Waals surface area contributed by atoms with Gasteiger partial charge in [0.25, 0.3) is 5.91 Å². The zero-order valence-corrected chi connectivity index (χ0v) is 19.0. The lowest BCUT2D eigenvalue weighted by molar-refractivity contribution is 0.0724. The number of halogens is 1. The van der Waals surface area contributed by atoms with Crippen LogP contribution in [0.1, 0.15) is 23.2 Å². The van der Waals surface area contributed by atoms with Crippen LogP contribution in [0.3, 0.4) is 0 Å². The second-order valence-electron chi connectivity index (χ2n) is 8.69. The third-order valence-electron chi connectivity index (χ3n) is 6.51. The van der Waals surface area contributed by atoms with E-state index in [-0.39, 0.29) is 11.9 Å². The van der Waals surface area contributed by atoms with Crippen molar-refractivity contribution >= 4 is 11.4 Å². The van der Waals surface area contributed by atoms with Crippen molar-refractivity contribution in [1.82, 2.24) is 29.3 Å². The summed E-state index contributed by atoms with van der Waals surface area (Å²) in [4.78, 5) is 20.2. The van der Waals surface area contributed by atoms with E-state index < -0.39 is 5.82 Å². The summed E-state index contributed by atoms with van der Waals surface area (Å²) in [5.41, 5.74) is 3.57. The van der Waals surface area contributed by atoms with Gasteiger partial charge >= 0.3 is 0 Å². The average molecular weight is 467 g/mol. The van der Waals surface area contributed by atoms with Crippen LogP contribution in [0, 0.1) is 5.82 Å². The molecule has 5 heterocycles. The standard InChI is InChI=1S/C27H23FN6O/c28-22-10-2-1-9-21(22)26-25(24-12-4-6-15-34(24)31-26)27(35)33-14-7-8-20(33)18-32-17-19(16-30-32)23-11-3-5-13-29-23/h1-6,9-13,15-17,20H,7-8,14,18H2/t20-/m0/s1. The second-order valence-corrected chi connectivity index (χ2v) is 8.69. The number of amides is 1. The first kappa shape index (κ1) is 21.2. The van der Waals surface area contributed by atoms with E-state index >= 15 is 0 Å². The van der Waals surface area contributed by atoms with Gasteiger partial charge in [0.05, 0.1) is 35.6 Å². The van der Waals surface area contributed by atoms with Gasteiger partial charge in [-0.25, -0.2) is 8.91 Å². The van der Waals surface area contributed by atoms with Crippen molar-refractivity contribution in [3.63, 3.8) is 0 Å². The van der Waals surface area contributed by atoms with E-state index in [9.17, 15) is 9.18 Å². The summed E-state index contributed by atoms with van der Waals surface area (Å²) in [6.45, 7) is 1.21. The lowest BCUT2D eigenvalue weighted by Gasteiger charge is -2.25. The minimum Gasteiger partial charge on any atom is -0.334 e. The van der Waals surface area contributed by atoms with Gasteiger partial charge in [0.2, 0.25) is 0 Å². The molecule has 0 bridgehead atoms. The number of rotatable bonds is 5. The summed E-state index contributed by atoms with van der Waals surface area (Å²) in [6, 6.07) is 17.8. The molecule has 1 saturated heterocycles. The van der Waals surface area contributed by atoms with Gasteiger partial charge in [0.1, 0.15) is 11.5 Å². The molecule has 0 N–H and O–H groups in total. The molecule has 1 atom stereocenters. The number of pyridine rings is 2. The summed E-state index contributed by atoms with van der Waals surface area (Å²) in [5.74, 6) is -0.537. The van der Waals surface area contributed by atoms with E-state index in [1.807, 2.05) is 52.2 Å². The van der Waals surface area contributed by atoms with E-state index in [0.717, 1.165) is 24.1 Å². The second kappa shape index (κ2) is 8.79. The van der Waals surface area contributed by atoms with Gasteiger partial charge < -0.3 is 4.90 Å². The summed E-state index contributed by atoms with van der Waals surface area (Å²) in [6.07, 6.45) is 9.07. The Labute approximate surface area is 201 Å². The van der Waals surface area contributed by atoms with E-state index in [2.05, 4.69) is 15.2 Å². The van der Waals surface area contributed by atoms with Gasteiger partial charge in [-0.3, -0.25) is 14.5 Å². The number of aromatic nitrogens is 5. The first-order valence-corrected chi connectivity index (χ1v) is 11.7. The Morgan fingerprint density at radius 2 is 1.91 bits per heavy atom. The number of nitrogens with zero attached hydrogens (tertiary/aromatic N) is 6. The minimum atomic E-state index is -0.401. The minimum absolute atomic E-state index is 0.0221. The number of benzene rings is 1. The highest BCUT2D eigenvalue weighted by Crippen LogP contribution is 2.32. The third-order valence-corrected chi connectivity index (χ3v) is 6.51. The molecule has 1 amide bonds. The van der Waals surface area contributed by atoms with Crippen molar-refractivity contribution in [2.75, 3.05) is 6.54 Å². The van der Waals surface area contributed by atoms with Crippen molar-refractivity contribution in [1.29, 1.82) is 0 Å². The molecule has 35 heavy (non-hydrogen) atoms. The third kappa shape index (κ3) is 3.86. The molecule has 0 saturated carbocycles. The van der Waals surface area contributed by atoms with Gasteiger partial charge in [-0.2, -0.15) is 10.2 Å². The fourth-order valence-electron chi connectivity index (χ4n) is 4.83. The van der Waals surface area contributed by atoms with Crippen LogP contribution in [0.4, 0.5) is 4.39 Å². The molecular weight excluding hydrogens is 443 g/mol. The Morgan fingerprint density at radius 1 is 1.06 bits per heavy atom. The Kier molecular flexibility index (Phi) is 5.33. The first-order valence-electron chi connectivity index (χ1n) is 11.7. The van der Waals surface area contributed by atoms with Crippen LogP contribution in [0.2, 0.25) is 0 Å². The average Bonchev–Trinajstić information content (AvgIpc) is 3.63. The maximum Gasteiger partial charge on any atom is 0.258 e. The van der Waals surface area contributed by atoms with E-state index in [1.54, 1.807) is 41.3 Å². The highest BCUT2D eigenvalue weighted by molar-refractivity contribution is 6.06. The van der Waals surface area contributed by atoms with Crippen LogP contribution in [-0.2, 0) is 6.54 Å². The molecule has 0 aliphatic carbocycles. The van der Waals surface area contributed by atoms with E-state index in [1.165, 1.54) is 6.07 Å². The Balaban J connectivity index is 1.33. The normalized spacial score (nSPS) is 15.7. The molecule has 1 fully saturated rings. The summed E-state index contributed by atoms with van der Waals surface area (Å²) in [5, 5.41) is 9.10. The maximum absolute atomic E-state index is 14.7. The molecule has 174 valence electrons. The monoisotopic (exact) mass is 466 g/mol. The largest absolute Gasteiger partial charge is 0.334 e. The molecule has 0 spiro atoms. The molecule has 6 rings (SSSR count). The topological polar surface area (TPSA) is 68.3 Å². The zero-order chi connectivity index (χ0) is 23.8. The maximum atomic E-state index is 14.7. The van der Waals surface area contributed by atoms with Crippen LogP contribution in [0.25, 0.3) is 28.0 Å². The number of likely N-dealkylation sites (tertiary alicyclic amines) is 1. The SMILES string of the molecule is O=C(c1c(-c2ccccc2F)nn2ccccc12)N1CCC[C@H]1Cn1cc(-c2ccccn2)cn1. The summed E-state index contributed by atoms with van der Waals surface area (Å²) < 4.78 is 18.3. The number of carbonyl (C=O) groups is 1. The van der Waals surface area contributed by atoms with Crippen LogP contribution in [0.5, 0.6) is 0 Å². The highest BCUT2D eigenvalue weighted by Gasteiger charge is 2.34. The Hall–Kier alpha value is -4.33. The zero-order valence-electron chi connectivity index (χ0n) is 19.0. The molecule has 0 radical (unpaired) electrons. The van der Waals surface area contributed by atoms with Gasteiger partial charge in [0.15, 0.2) is 0 Å². The Bertz CT molecular complexity index is 1510. The first-order chi connectivity index (χ1) is 17.2. The highest BCUT2D eigenvalue weighted by atomic mass is 19.1. The quantitative estimate of drug-likeness (QED) is 0.376. The van der Waals surface area contributed by atoms with Crippen molar-refractivity contribution in [2.24, 2.45) is 0 Å². The Morgan fingerprint density at radius 3 is 2.77 bits per heavy atom. The van der Waals surface area contributed by atoms with Gasteiger partial charge in [-0.05, 0) is 49.2 Å². The number of fused-ring (bicyclic) bond motifs is 1. The van der Waals surface area contributed by atoms with Crippen LogP contribution in [0.15, 0.2) is 85.5 Å². The van der Waals surface area contributed by atoms with Crippen molar-refractivity contribution < 1.29 is 9.18 Å². The fraction of sp³-hybridized carbons (Fsp3) is 0.185. The van der Waals surface area contributed by atoms with Crippen LogP contribution in [-0.4, -0.2) is 47.8 Å². The van der Waals surface area contributed by atoms with Gasteiger partial charge in [0, 0.05) is 36.3 Å². The van der Waals surface area contributed by atoms with Crippen LogP contribution >= 0.6 is 0 Å². The number of carbonyl (C=O) groups excluding carboxylic acids is 1. The van der Waals surface area contributed by atoms with Gasteiger partial charge in [-0.1, -0.05) is 24.3 Å². The molecule has 5 aromatic rings. The summed E-state index contributed by atoms with van der Waals surface area (Å²) in [7, 11) is 0. The number of hydrogen-bond donors (Lipinski definition) is 0. The molecule has 1 aliphatic heterocycles. The predicted octanol–water partition coefficient (Wildman–Crippen LogP) is 4.70. The van der Waals surface area contributed by atoms with E-state index in [0.29, 0.717) is 35.4 Å². The molecule has 8 heteroatoms. The fourth-order valence-corrected chi connectivity index (χ4v) is 4.83. The predicted molar refractivity (Wildman–Crippen MR) is 130 cm³/mol. The molecule has 1 aliphatic rings. The number of hydrogen-bond acceptors (Lipinski definition) is 4. The van der Waals surface area contributed by atoms with Crippen LogP contribution < -0.4 is 0 Å². The lowest BCUT2D eigenvalue weighted by Crippen LogP contribution is -2.38. The summed E-state index contributed by atoms with van der Waals surface area (Å²) >= 11 is 0. The smallest absolute Gasteiger partial charge is 0.258 e. The molecule has 4 aromatic heterocycles. The van der Waals surface area contributed by atoms with Crippen molar-refractivity contribution in [3.05, 3.63) is 96.8 Å². The van der Waals surface area contributed by atoms with E-state index in [4.69, 9.17) is 0 Å². The molecular formula is C27H23FN6O.